The Morgan fingerprint density at radius 1 is 0.588 bits per heavy atom. The third-order valence-electron chi connectivity index (χ3n) is 2.65. The average molecular weight is 258 g/mol. The van der Waals surface area contributed by atoms with Gasteiger partial charge in [0.15, 0.2) is 0 Å². The van der Waals surface area contributed by atoms with Crippen molar-refractivity contribution in [2.45, 2.75) is 0 Å². The van der Waals surface area contributed by atoms with E-state index in [0.29, 0.717) is 0 Å². The second kappa shape index (κ2) is 6.20. The maximum atomic E-state index is 7.50. The van der Waals surface area contributed by atoms with E-state index in [1.807, 2.05) is 0 Å². The van der Waals surface area contributed by atoms with E-state index in [1.54, 1.807) is 0 Å². The molecule has 0 aliphatic rings. The zero-order valence-electron chi connectivity index (χ0n) is 9.09. The minimum atomic E-state index is 0. The number of carbonyl (C=O) groups excluding carboxylic acids is 1. The van der Waals surface area contributed by atoms with Gasteiger partial charge in [0.25, 0.3) is 6.79 Å². The maximum Gasteiger partial charge on any atom is 0.281 e. The third-order valence-corrected chi connectivity index (χ3v) is 2.65. The van der Waals surface area contributed by atoms with Crippen molar-refractivity contribution in [3.63, 3.8) is 0 Å². The molecular formula is C15H10CrO. The summed E-state index contributed by atoms with van der Waals surface area (Å²) in [6.07, 6.45) is 0. The van der Waals surface area contributed by atoms with Gasteiger partial charge in [-0.3, -0.25) is 4.79 Å². The van der Waals surface area contributed by atoms with Crippen LogP contribution >= 0.6 is 0 Å². The first kappa shape index (κ1) is 13.4. The maximum absolute atomic E-state index is 7.50. The molecular weight excluding hydrogens is 248 g/mol. The number of hydrogen-bond donors (Lipinski definition) is 0. The van der Waals surface area contributed by atoms with Crippen LogP contribution in [0.1, 0.15) is 0 Å². The summed E-state index contributed by atoms with van der Waals surface area (Å²) in [5, 5.41) is 5.30. The molecule has 17 heavy (non-hydrogen) atoms. The Balaban J connectivity index is 0.000000459. The van der Waals surface area contributed by atoms with Crippen LogP contribution in [0.3, 0.4) is 0 Å². The van der Waals surface area contributed by atoms with Gasteiger partial charge >= 0.3 is 0 Å². The average Bonchev–Trinajstić information content (AvgIpc) is 2.41. The smallest absolute Gasteiger partial charge is 0.281 e. The Kier molecular flexibility index (Phi) is 4.90. The van der Waals surface area contributed by atoms with E-state index < -0.39 is 0 Å². The predicted octanol–water partition coefficient (Wildman–Crippen LogP) is 3.59. The summed E-state index contributed by atoms with van der Waals surface area (Å²) >= 11 is 0. The largest absolute Gasteiger partial charge is 0.281 e. The molecule has 0 aliphatic heterocycles. The van der Waals surface area contributed by atoms with Gasteiger partial charge in [0.2, 0.25) is 0 Å². The normalized spacial score (nSPS) is 9.18. The molecule has 2 heteroatoms. The second-order valence-corrected chi connectivity index (χ2v) is 3.51. The van der Waals surface area contributed by atoms with Crippen molar-refractivity contribution < 1.29 is 22.2 Å². The first-order valence-electron chi connectivity index (χ1n) is 5.02. The van der Waals surface area contributed by atoms with Gasteiger partial charge in [-0.05, 0) is 21.5 Å². The summed E-state index contributed by atoms with van der Waals surface area (Å²) in [6, 6.07) is 21.4. The Hall–Kier alpha value is -1.62. The molecule has 0 heterocycles. The zero-order chi connectivity index (χ0) is 11.4. The van der Waals surface area contributed by atoms with Crippen LogP contribution in [0, 0.1) is 0 Å². The van der Waals surface area contributed by atoms with Crippen LogP contribution in [0.4, 0.5) is 0 Å². The van der Waals surface area contributed by atoms with E-state index in [1.165, 1.54) is 21.5 Å². The molecule has 3 rings (SSSR count). The SMILES string of the molecule is [C]=O.[Cr].c1ccc2c(c1)ccc1ccccc12. The fourth-order valence-electron chi connectivity index (χ4n) is 1.95. The monoisotopic (exact) mass is 258 g/mol. The zero-order valence-corrected chi connectivity index (χ0v) is 10.4. The molecule has 0 atom stereocenters. The first-order valence-corrected chi connectivity index (χ1v) is 5.02. The van der Waals surface area contributed by atoms with Gasteiger partial charge in [0, 0.05) is 17.4 Å². The predicted molar refractivity (Wildman–Crippen MR) is 67.1 cm³/mol. The molecule has 0 saturated carbocycles. The second-order valence-electron chi connectivity index (χ2n) is 3.51. The van der Waals surface area contributed by atoms with Crippen LogP contribution in [0.2, 0.25) is 0 Å². The van der Waals surface area contributed by atoms with Crippen LogP contribution in [0.25, 0.3) is 21.5 Å². The van der Waals surface area contributed by atoms with Gasteiger partial charge in [0.05, 0.1) is 0 Å². The minimum absolute atomic E-state index is 0. The van der Waals surface area contributed by atoms with E-state index in [9.17, 15) is 0 Å². The van der Waals surface area contributed by atoms with E-state index in [-0.39, 0.29) is 17.4 Å². The standard InChI is InChI=1S/C14H10.CO.Cr/c1-3-7-13-11(5-1)9-10-12-6-2-4-8-14(12)13;1-2;/h1-10H;;. The molecule has 0 N–H and O–H groups in total. The molecule has 3 aromatic rings. The molecule has 82 valence electrons. The molecule has 0 spiro atoms. The summed E-state index contributed by atoms with van der Waals surface area (Å²) in [6.45, 7) is 4.50. The molecule has 0 saturated heterocycles. The topological polar surface area (TPSA) is 17.1 Å². The van der Waals surface area contributed by atoms with Gasteiger partial charge in [-0.15, -0.1) is 0 Å². The molecule has 2 radical (unpaired) electrons. The fourth-order valence-corrected chi connectivity index (χ4v) is 1.95. The Morgan fingerprint density at radius 3 is 1.35 bits per heavy atom. The van der Waals surface area contributed by atoms with Crippen molar-refractivity contribution in [1.82, 2.24) is 0 Å². The number of fused-ring (bicyclic) bond motifs is 3. The number of hydrogen-bond acceptors (Lipinski definition) is 1. The van der Waals surface area contributed by atoms with E-state index in [2.05, 4.69) is 67.5 Å². The fraction of sp³-hybridized carbons (Fsp3) is 0. The van der Waals surface area contributed by atoms with E-state index >= 15 is 0 Å². The summed E-state index contributed by atoms with van der Waals surface area (Å²) in [5.41, 5.74) is 0. The van der Waals surface area contributed by atoms with Crippen molar-refractivity contribution in [2.24, 2.45) is 0 Å². The molecule has 0 bridgehead atoms. The van der Waals surface area contributed by atoms with Crippen LogP contribution in [0.5, 0.6) is 0 Å². The van der Waals surface area contributed by atoms with Gasteiger partial charge in [-0.1, -0.05) is 60.7 Å². The molecule has 0 fully saturated rings. The first-order chi connectivity index (χ1) is 7.95. The van der Waals surface area contributed by atoms with Crippen molar-refractivity contribution in [1.29, 1.82) is 0 Å². The van der Waals surface area contributed by atoms with Crippen molar-refractivity contribution in [3.8, 4) is 0 Å². The molecule has 0 amide bonds. The van der Waals surface area contributed by atoms with Crippen LogP contribution < -0.4 is 0 Å². The summed E-state index contributed by atoms with van der Waals surface area (Å²) < 4.78 is 0. The Morgan fingerprint density at radius 2 is 0.941 bits per heavy atom. The molecule has 0 aromatic heterocycles. The quantitative estimate of drug-likeness (QED) is 0.563. The van der Waals surface area contributed by atoms with Gasteiger partial charge < -0.3 is 0 Å². The van der Waals surface area contributed by atoms with Gasteiger partial charge in [0.1, 0.15) is 0 Å². The number of benzene rings is 3. The molecule has 0 unspecified atom stereocenters. The van der Waals surface area contributed by atoms with Crippen LogP contribution in [0.15, 0.2) is 60.7 Å². The van der Waals surface area contributed by atoms with Crippen LogP contribution in [-0.4, -0.2) is 6.79 Å². The van der Waals surface area contributed by atoms with Crippen molar-refractivity contribution in [2.75, 3.05) is 0 Å². The minimum Gasteiger partial charge on any atom is -0.281 e. The Labute approximate surface area is 111 Å². The molecule has 3 aromatic carbocycles. The number of rotatable bonds is 0. The van der Waals surface area contributed by atoms with Crippen LogP contribution in [-0.2, 0) is 22.2 Å². The van der Waals surface area contributed by atoms with Crippen molar-refractivity contribution in [3.05, 3.63) is 60.7 Å². The van der Waals surface area contributed by atoms with Gasteiger partial charge in [-0.2, -0.15) is 0 Å². The summed E-state index contributed by atoms with van der Waals surface area (Å²) in [4.78, 5) is 7.50. The van der Waals surface area contributed by atoms with E-state index in [0.717, 1.165) is 0 Å². The van der Waals surface area contributed by atoms with Crippen molar-refractivity contribution >= 4 is 28.3 Å². The summed E-state index contributed by atoms with van der Waals surface area (Å²) in [7, 11) is 0. The molecule has 0 aliphatic carbocycles. The molecule has 1 nitrogen and oxygen atoms in total. The van der Waals surface area contributed by atoms with E-state index in [4.69, 9.17) is 4.79 Å². The van der Waals surface area contributed by atoms with Gasteiger partial charge in [-0.25, -0.2) is 0 Å². The Bertz CT molecular complexity index is 564. The summed E-state index contributed by atoms with van der Waals surface area (Å²) in [5.74, 6) is 0. The third kappa shape index (κ3) is 2.55.